The summed E-state index contributed by atoms with van der Waals surface area (Å²) >= 11 is 4.61. The van der Waals surface area contributed by atoms with Gasteiger partial charge in [-0.05, 0) is 43.2 Å². The van der Waals surface area contributed by atoms with E-state index in [-0.39, 0.29) is 6.04 Å². The molecular formula is C14H17BrN2O2S2. The number of rotatable bonds is 5. The Morgan fingerprint density at radius 1 is 1.38 bits per heavy atom. The molecule has 0 saturated heterocycles. The zero-order valence-electron chi connectivity index (χ0n) is 11.8. The number of sulfonamides is 1. The monoisotopic (exact) mass is 388 g/mol. The van der Waals surface area contributed by atoms with Crippen molar-refractivity contribution in [2.75, 3.05) is 0 Å². The van der Waals surface area contributed by atoms with E-state index in [1.165, 1.54) is 11.3 Å². The van der Waals surface area contributed by atoms with Gasteiger partial charge in [-0.15, -0.1) is 11.3 Å². The van der Waals surface area contributed by atoms with Crippen LogP contribution in [0.2, 0.25) is 0 Å². The van der Waals surface area contributed by atoms with Crippen LogP contribution in [-0.2, 0) is 16.6 Å². The van der Waals surface area contributed by atoms with Crippen LogP contribution in [-0.4, -0.2) is 8.42 Å². The molecule has 0 fully saturated rings. The van der Waals surface area contributed by atoms with Crippen LogP contribution >= 0.6 is 27.3 Å². The van der Waals surface area contributed by atoms with Gasteiger partial charge in [0.2, 0.25) is 0 Å². The van der Waals surface area contributed by atoms with Crippen molar-refractivity contribution in [3.8, 4) is 0 Å². The first kappa shape index (κ1) is 16.6. The molecule has 0 saturated carbocycles. The van der Waals surface area contributed by atoms with Gasteiger partial charge >= 0.3 is 0 Å². The fourth-order valence-electron chi connectivity index (χ4n) is 1.96. The van der Waals surface area contributed by atoms with E-state index in [1.807, 2.05) is 38.1 Å². The molecule has 1 atom stereocenters. The van der Waals surface area contributed by atoms with E-state index in [1.54, 1.807) is 6.07 Å². The van der Waals surface area contributed by atoms with Crippen molar-refractivity contribution in [1.29, 1.82) is 0 Å². The van der Waals surface area contributed by atoms with Crippen LogP contribution in [0.1, 0.15) is 29.0 Å². The molecule has 3 N–H and O–H groups in total. The SMILES string of the molecule is Cc1cc(S(=O)(=O)NC(C)c2cccc(Br)c2)sc1CN. The third kappa shape index (κ3) is 3.92. The van der Waals surface area contributed by atoms with Crippen molar-refractivity contribution in [3.05, 3.63) is 50.8 Å². The smallest absolute Gasteiger partial charge is 0.250 e. The van der Waals surface area contributed by atoms with Gasteiger partial charge < -0.3 is 5.73 Å². The summed E-state index contributed by atoms with van der Waals surface area (Å²) in [5, 5.41) is 0. The third-order valence-electron chi connectivity index (χ3n) is 3.13. The minimum absolute atomic E-state index is 0.308. The molecule has 0 amide bonds. The molecule has 0 radical (unpaired) electrons. The molecule has 0 aliphatic heterocycles. The van der Waals surface area contributed by atoms with Crippen LogP contribution in [0.5, 0.6) is 0 Å². The molecule has 2 aromatic rings. The molecule has 0 bridgehead atoms. The zero-order chi connectivity index (χ0) is 15.6. The number of benzene rings is 1. The van der Waals surface area contributed by atoms with Gasteiger partial charge in [0.1, 0.15) is 4.21 Å². The molecule has 2 rings (SSSR count). The molecule has 1 aromatic heterocycles. The minimum atomic E-state index is -3.53. The molecule has 1 aromatic carbocycles. The predicted molar refractivity (Wildman–Crippen MR) is 89.8 cm³/mol. The van der Waals surface area contributed by atoms with Crippen molar-refractivity contribution in [3.63, 3.8) is 0 Å². The normalized spacial score (nSPS) is 13.3. The Bertz CT molecular complexity index is 741. The lowest BCUT2D eigenvalue weighted by atomic mass is 10.1. The second-order valence-corrected chi connectivity index (χ2v) is 8.77. The van der Waals surface area contributed by atoms with Crippen molar-refractivity contribution in [2.45, 2.75) is 30.6 Å². The van der Waals surface area contributed by atoms with Crippen LogP contribution in [0, 0.1) is 6.92 Å². The summed E-state index contributed by atoms with van der Waals surface area (Å²) < 4.78 is 28.8. The molecule has 4 nitrogen and oxygen atoms in total. The highest BCUT2D eigenvalue weighted by Crippen LogP contribution is 2.27. The Labute approximate surface area is 137 Å². The van der Waals surface area contributed by atoms with Crippen molar-refractivity contribution in [2.24, 2.45) is 5.73 Å². The molecule has 21 heavy (non-hydrogen) atoms. The first-order valence-electron chi connectivity index (χ1n) is 6.40. The number of nitrogens with one attached hydrogen (secondary N) is 1. The molecular weight excluding hydrogens is 372 g/mol. The summed E-state index contributed by atoms with van der Waals surface area (Å²) in [6, 6.07) is 8.94. The molecule has 1 unspecified atom stereocenters. The Morgan fingerprint density at radius 2 is 2.10 bits per heavy atom. The van der Waals surface area contributed by atoms with E-state index in [0.717, 1.165) is 20.5 Å². The average molecular weight is 389 g/mol. The van der Waals surface area contributed by atoms with Crippen LogP contribution in [0.15, 0.2) is 39.0 Å². The van der Waals surface area contributed by atoms with Crippen molar-refractivity contribution < 1.29 is 8.42 Å². The first-order chi connectivity index (χ1) is 9.83. The second kappa shape index (κ2) is 6.58. The van der Waals surface area contributed by atoms with Gasteiger partial charge in [-0.25, -0.2) is 13.1 Å². The molecule has 0 aliphatic rings. The van der Waals surface area contributed by atoms with E-state index in [0.29, 0.717) is 10.8 Å². The van der Waals surface area contributed by atoms with E-state index >= 15 is 0 Å². The standard InChI is InChI=1S/C14H17BrN2O2S2/c1-9-6-14(20-13(9)8-16)21(18,19)17-10(2)11-4-3-5-12(15)7-11/h3-7,10,17H,8,16H2,1-2H3. The molecule has 114 valence electrons. The number of halogens is 1. The van der Waals surface area contributed by atoms with E-state index in [2.05, 4.69) is 20.7 Å². The molecule has 0 aliphatic carbocycles. The quantitative estimate of drug-likeness (QED) is 0.824. The summed E-state index contributed by atoms with van der Waals surface area (Å²) in [4.78, 5) is 0.894. The fraction of sp³-hybridized carbons (Fsp3) is 0.286. The fourth-order valence-corrected chi connectivity index (χ4v) is 5.09. The van der Waals surface area contributed by atoms with Gasteiger partial charge in [0, 0.05) is 21.9 Å². The number of hydrogen-bond acceptors (Lipinski definition) is 4. The zero-order valence-corrected chi connectivity index (χ0v) is 15.0. The number of nitrogens with two attached hydrogens (primary N) is 1. The average Bonchev–Trinajstić information content (AvgIpc) is 2.80. The Morgan fingerprint density at radius 3 is 2.67 bits per heavy atom. The van der Waals surface area contributed by atoms with Gasteiger partial charge in [-0.3, -0.25) is 0 Å². The summed E-state index contributed by atoms with van der Waals surface area (Å²) in [6.45, 7) is 4.05. The molecule has 0 spiro atoms. The van der Waals surface area contributed by atoms with Gasteiger partial charge in [0.05, 0.1) is 0 Å². The van der Waals surface area contributed by atoms with E-state index in [4.69, 9.17) is 5.73 Å². The summed E-state index contributed by atoms with van der Waals surface area (Å²) in [7, 11) is -3.53. The highest BCUT2D eigenvalue weighted by Gasteiger charge is 2.21. The number of aryl methyl sites for hydroxylation is 1. The van der Waals surface area contributed by atoms with E-state index in [9.17, 15) is 8.42 Å². The highest BCUT2D eigenvalue weighted by atomic mass is 79.9. The first-order valence-corrected chi connectivity index (χ1v) is 9.50. The highest BCUT2D eigenvalue weighted by molar-refractivity contribution is 9.10. The number of hydrogen-bond donors (Lipinski definition) is 2. The summed E-state index contributed by atoms with van der Waals surface area (Å²) in [5.41, 5.74) is 7.42. The molecule has 1 heterocycles. The van der Waals surface area contributed by atoms with Crippen LogP contribution in [0.3, 0.4) is 0 Å². The summed E-state index contributed by atoms with van der Waals surface area (Å²) in [5.74, 6) is 0. The van der Waals surface area contributed by atoms with Crippen LogP contribution in [0.25, 0.3) is 0 Å². The van der Waals surface area contributed by atoms with E-state index < -0.39 is 10.0 Å². The maximum Gasteiger partial charge on any atom is 0.250 e. The van der Waals surface area contributed by atoms with Gasteiger partial charge in [-0.1, -0.05) is 28.1 Å². The van der Waals surface area contributed by atoms with Crippen LogP contribution in [0.4, 0.5) is 0 Å². The van der Waals surface area contributed by atoms with Crippen molar-refractivity contribution >= 4 is 37.3 Å². The van der Waals surface area contributed by atoms with Gasteiger partial charge in [0.25, 0.3) is 10.0 Å². The lowest BCUT2D eigenvalue weighted by molar-refractivity contribution is 0.569. The maximum absolute atomic E-state index is 12.4. The van der Waals surface area contributed by atoms with Gasteiger partial charge in [0.15, 0.2) is 0 Å². The topological polar surface area (TPSA) is 72.2 Å². The lowest BCUT2D eigenvalue weighted by Crippen LogP contribution is -2.26. The third-order valence-corrected chi connectivity index (χ3v) is 6.90. The lowest BCUT2D eigenvalue weighted by Gasteiger charge is -2.14. The Balaban J connectivity index is 2.24. The minimum Gasteiger partial charge on any atom is -0.326 e. The van der Waals surface area contributed by atoms with Crippen LogP contribution < -0.4 is 10.5 Å². The Kier molecular flexibility index (Phi) is 5.21. The van der Waals surface area contributed by atoms with Gasteiger partial charge in [-0.2, -0.15) is 0 Å². The predicted octanol–water partition coefficient (Wildman–Crippen LogP) is 3.32. The Hall–Kier alpha value is -0.730. The largest absolute Gasteiger partial charge is 0.326 e. The second-order valence-electron chi connectivity index (χ2n) is 4.77. The maximum atomic E-state index is 12.4. The number of thiophene rings is 1. The summed E-state index contributed by atoms with van der Waals surface area (Å²) in [6.07, 6.45) is 0. The molecule has 7 heteroatoms. The van der Waals surface area contributed by atoms with Crippen molar-refractivity contribution in [1.82, 2.24) is 4.72 Å².